The minimum absolute atomic E-state index is 0.293. The van der Waals surface area contributed by atoms with Crippen LogP contribution in [-0.2, 0) is 24.0 Å². The van der Waals surface area contributed by atoms with Crippen LogP contribution in [0.2, 0.25) is 0 Å². The number of aryl methyl sites for hydroxylation is 2. The first kappa shape index (κ1) is 24.7. The van der Waals surface area contributed by atoms with Gasteiger partial charge in [0.1, 0.15) is 21.5 Å². The Bertz CT molecular complexity index is 1340. The van der Waals surface area contributed by atoms with E-state index in [1.807, 2.05) is 43.4 Å². The standard InChI is InChI=1S/C27H34N6O2S/c1-5-33(29)23-7-6-20(19(4)25(23)28)11-22-12-21(18(3)14-30-22)15-32-16-27(8-9-27)35-26-24(36(32)34)10-17(2)13-31-26/h6-7,10,12-14H,5,8-9,11,15-16,28-29H2,1-4H3. The lowest BCUT2D eigenvalue weighted by molar-refractivity contribution is 0.145. The van der Waals surface area contributed by atoms with Crippen molar-refractivity contribution in [1.82, 2.24) is 14.3 Å². The fraction of sp³-hybridized carbons (Fsp3) is 0.407. The second kappa shape index (κ2) is 9.46. The number of hydrogen-bond donors (Lipinski definition) is 2. The number of fused-ring (bicyclic) bond motifs is 1. The monoisotopic (exact) mass is 506 g/mol. The van der Waals surface area contributed by atoms with Crippen molar-refractivity contribution in [3.8, 4) is 5.88 Å². The Morgan fingerprint density at radius 3 is 2.64 bits per heavy atom. The molecule has 1 spiro atoms. The minimum Gasteiger partial charge on any atom is -0.469 e. The second-order valence-electron chi connectivity index (χ2n) is 10.00. The van der Waals surface area contributed by atoms with Gasteiger partial charge in [-0.05, 0) is 86.6 Å². The molecular weight excluding hydrogens is 472 g/mol. The summed E-state index contributed by atoms with van der Waals surface area (Å²) in [6.07, 6.45) is 6.23. The molecule has 3 heterocycles. The number of rotatable bonds is 6. The lowest BCUT2D eigenvalue weighted by atomic mass is 9.99. The number of hydrazine groups is 1. The molecule has 8 nitrogen and oxygen atoms in total. The van der Waals surface area contributed by atoms with E-state index in [0.717, 1.165) is 52.0 Å². The van der Waals surface area contributed by atoms with Crippen LogP contribution in [0.5, 0.6) is 5.88 Å². The smallest absolute Gasteiger partial charge is 0.231 e. The van der Waals surface area contributed by atoms with Crippen LogP contribution in [0, 0.1) is 20.8 Å². The summed E-state index contributed by atoms with van der Waals surface area (Å²) in [7, 11) is -1.36. The lowest BCUT2D eigenvalue weighted by Crippen LogP contribution is -2.35. The molecule has 0 radical (unpaired) electrons. The third-order valence-corrected chi connectivity index (χ3v) is 8.60. The van der Waals surface area contributed by atoms with Gasteiger partial charge in [0, 0.05) is 37.6 Å². The summed E-state index contributed by atoms with van der Waals surface area (Å²) in [4.78, 5) is 9.79. The highest BCUT2D eigenvalue weighted by Crippen LogP contribution is 2.45. The maximum Gasteiger partial charge on any atom is 0.231 e. The molecule has 2 aromatic heterocycles. The highest BCUT2D eigenvalue weighted by atomic mass is 32.2. The largest absolute Gasteiger partial charge is 0.469 e. The number of nitrogens with zero attached hydrogens (tertiary/aromatic N) is 4. The summed E-state index contributed by atoms with van der Waals surface area (Å²) < 4.78 is 21.9. The fourth-order valence-corrected chi connectivity index (χ4v) is 6.06. The van der Waals surface area contributed by atoms with E-state index in [-0.39, 0.29) is 5.60 Å². The van der Waals surface area contributed by atoms with Crippen LogP contribution in [0.1, 0.15) is 53.3 Å². The zero-order valence-electron chi connectivity index (χ0n) is 21.4. The summed E-state index contributed by atoms with van der Waals surface area (Å²) in [5.41, 5.74) is 13.9. The van der Waals surface area contributed by atoms with E-state index in [1.54, 1.807) is 11.2 Å². The molecule has 0 bridgehead atoms. The maximum atomic E-state index is 13.7. The average molecular weight is 507 g/mol. The van der Waals surface area contributed by atoms with E-state index < -0.39 is 11.0 Å². The first-order valence-electron chi connectivity index (χ1n) is 12.4. The molecule has 1 unspecified atom stereocenters. The van der Waals surface area contributed by atoms with Crippen LogP contribution in [-0.4, -0.2) is 37.2 Å². The first-order valence-corrected chi connectivity index (χ1v) is 13.5. The Morgan fingerprint density at radius 2 is 1.92 bits per heavy atom. The van der Waals surface area contributed by atoms with Crippen LogP contribution < -0.4 is 21.3 Å². The molecular formula is C27H34N6O2S. The minimum atomic E-state index is -1.36. The van der Waals surface area contributed by atoms with Crippen LogP contribution in [0.25, 0.3) is 0 Å². The summed E-state index contributed by atoms with van der Waals surface area (Å²) >= 11 is 0. The normalized spacial score (nSPS) is 18.4. The van der Waals surface area contributed by atoms with Crippen LogP contribution in [0.3, 0.4) is 0 Å². The summed E-state index contributed by atoms with van der Waals surface area (Å²) in [5.74, 6) is 6.58. The van der Waals surface area contributed by atoms with Gasteiger partial charge in [0.25, 0.3) is 0 Å². The molecule has 3 aromatic rings. The molecule has 1 aromatic carbocycles. The summed E-state index contributed by atoms with van der Waals surface area (Å²) in [6.45, 7) is 9.85. The molecule has 1 aliphatic carbocycles. The summed E-state index contributed by atoms with van der Waals surface area (Å²) in [5, 5.41) is 1.65. The SMILES string of the molecule is CCN(N)c1ccc(Cc2cc(CN3CC4(CC4)Oc4ncc(C)cc4S3=O)c(C)cn2)c(C)c1N. The van der Waals surface area contributed by atoms with Crippen molar-refractivity contribution < 1.29 is 8.95 Å². The third kappa shape index (κ3) is 4.70. The van der Waals surface area contributed by atoms with E-state index in [0.29, 0.717) is 42.5 Å². The number of anilines is 2. The zero-order valence-corrected chi connectivity index (χ0v) is 22.2. The Balaban J connectivity index is 1.42. The van der Waals surface area contributed by atoms with Gasteiger partial charge in [-0.3, -0.25) is 4.98 Å². The van der Waals surface area contributed by atoms with Crippen LogP contribution in [0.15, 0.2) is 41.6 Å². The van der Waals surface area contributed by atoms with Crippen molar-refractivity contribution in [1.29, 1.82) is 0 Å². The Morgan fingerprint density at radius 1 is 1.14 bits per heavy atom. The van der Waals surface area contributed by atoms with Gasteiger partial charge >= 0.3 is 0 Å². The number of nitrogens with two attached hydrogens (primary N) is 2. The van der Waals surface area contributed by atoms with Crippen LogP contribution >= 0.6 is 0 Å². The van der Waals surface area contributed by atoms with E-state index in [2.05, 4.69) is 24.0 Å². The fourth-order valence-electron chi connectivity index (χ4n) is 4.64. The lowest BCUT2D eigenvalue weighted by Gasteiger charge is -2.23. The predicted octanol–water partition coefficient (Wildman–Crippen LogP) is 3.72. The van der Waals surface area contributed by atoms with Crippen molar-refractivity contribution in [2.45, 2.75) is 64.0 Å². The number of benzene rings is 1. The molecule has 36 heavy (non-hydrogen) atoms. The predicted molar refractivity (Wildman–Crippen MR) is 143 cm³/mol. The Labute approximate surface area is 215 Å². The number of nitrogen functional groups attached to an aromatic ring is 1. The topological polar surface area (TPSA) is 111 Å². The molecule has 190 valence electrons. The molecule has 2 aliphatic rings. The van der Waals surface area contributed by atoms with Gasteiger partial charge in [0.2, 0.25) is 5.88 Å². The molecule has 0 saturated heterocycles. The molecule has 4 N–H and O–H groups in total. The molecule has 1 aliphatic heterocycles. The molecule has 1 saturated carbocycles. The van der Waals surface area contributed by atoms with Crippen molar-refractivity contribution in [3.05, 3.63) is 70.2 Å². The van der Waals surface area contributed by atoms with Gasteiger partial charge in [0.15, 0.2) is 0 Å². The van der Waals surface area contributed by atoms with E-state index in [9.17, 15) is 4.21 Å². The molecule has 5 rings (SSSR count). The molecule has 0 amide bonds. The van der Waals surface area contributed by atoms with Gasteiger partial charge in [-0.1, -0.05) is 6.07 Å². The first-order chi connectivity index (χ1) is 17.2. The average Bonchev–Trinajstić information content (AvgIpc) is 3.63. The summed E-state index contributed by atoms with van der Waals surface area (Å²) in [6, 6.07) is 8.09. The quantitative estimate of drug-likeness (QED) is 0.298. The van der Waals surface area contributed by atoms with Gasteiger partial charge in [-0.15, -0.1) is 0 Å². The van der Waals surface area contributed by atoms with Gasteiger partial charge in [0.05, 0.1) is 17.9 Å². The van der Waals surface area contributed by atoms with E-state index >= 15 is 0 Å². The van der Waals surface area contributed by atoms with Crippen molar-refractivity contribution in [2.24, 2.45) is 5.84 Å². The number of aromatic nitrogens is 2. The third-order valence-electron chi connectivity index (χ3n) is 7.21. The van der Waals surface area contributed by atoms with Gasteiger partial charge < -0.3 is 15.5 Å². The molecule has 1 atom stereocenters. The molecule has 1 fully saturated rings. The molecule has 9 heteroatoms. The highest BCUT2D eigenvalue weighted by Gasteiger charge is 2.50. The van der Waals surface area contributed by atoms with Crippen molar-refractivity contribution in [3.63, 3.8) is 0 Å². The van der Waals surface area contributed by atoms with Gasteiger partial charge in [-0.2, -0.15) is 0 Å². The van der Waals surface area contributed by atoms with Crippen molar-refractivity contribution in [2.75, 3.05) is 23.8 Å². The number of ether oxygens (including phenoxy) is 1. The zero-order chi connectivity index (χ0) is 25.6. The Hall–Kier alpha value is -3.01. The Kier molecular flexibility index (Phi) is 6.48. The number of pyridine rings is 2. The second-order valence-corrected chi connectivity index (χ2v) is 11.5. The van der Waals surface area contributed by atoms with Crippen LogP contribution in [0.4, 0.5) is 11.4 Å². The highest BCUT2D eigenvalue weighted by molar-refractivity contribution is 7.82. The maximum absolute atomic E-state index is 13.7. The van der Waals surface area contributed by atoms with E-state index in [4.69, 9.17) is 21.3 Å². The van der Waals surface area contributed by atoms with Gasteiger partial charge in [-0.25, -0.2) is 19.3 Å². The number of hydrogen-bond acceptors (Lipinski definition) is 7. The van der Waals surface area contributed by atoms with Crippen molar-refractivity contribution >= 4 is 22.4 Å². The van der Waals surface area contributed by atoms with E-state index in [1.165, 1.54) is 0 Å².